The van der Waals surface area contributed by atoms with Crippen molar-refractivity contribution < 1.29 is 0 Å². The minimum absolute atomic E-state index is 0.318. The fourth-order valence-corrected chi connectivity index (χ4v) is 2.93. The molecule has 2 aliphatic carbocycles. The lowest BCUT2D eigenvalue weighted by Crippen LogP contribution is -2.52. The Morgan fingerprint density at radius 2 is 2.35 bits per heavy atom. The van der Waals surface area contributed by atoms with E-state index in [9.17, 15) is 0 Å². The number of nitrogens with two attached hydrogens (primary N) is 1. The quantitative estimate of drug-likeness (QED) is 0.334. The summed E-state index contributed by atoms with van der Waals surface area (Å²) in [6.45, 7) is 0. The second-order valence-corrected chi connectivity index (χ2v) is 4.84. The topological polar surface area (TPSA) is 62.4 Å². The van der Waals surface area contributed by atoms with Crippen LogP contribution in [0.5, 0.6) is 0 Å². The third-order valence-electron chi connectivity index (χ3n) is 3.83. The first-order valence-electron chi connectivity index (χ1n) is 6.22. The Hall–Kier alpha value is -1.55. The van der Waals surface area contributed by atoms with Crippen LogP contribution in [0.2, 0.25) is 0 Å². The number of rotatable bonds is 0. The van der Waals surface area contributed by atoms with E-state index in [4.69, 9.17) is 5.84 Å². The van der Waals surface area contributed by atoms with Gasteiger partial charge in [-0.15, -0.1) is 0 Å². The molecule has 0 aromatic carbocycles. The first-order chi connectivity index (χ1) is 8.38. The maximum atomic E-state index is 5.33. The lowest BCUT2D eigenvalue weighted by Gasteiger charge is -2.33. The average Bonchev–Trinajstić information content (AvgIpc) is 2.57. The molecule has 3 aliphatic rings. The van der Waals surface area contributed by atoms with Crippen LogP contribution in [0.3, 0.4) is 0 Å². The van der Waals surface area contributed by atoms with Crippen LogP contribution >= 0.6 is 0 Å². The summed E-state index contributed by atoms with van der Waals surface area (Å²) < 4.78 is 0. The highest BCUT2D eigenvalue weighted by Gasteiger charge is 2.31. The second-order valence-electron chi connectivity index (χ2n) is 4.84. The summed E-state index contributed by atoms with van der Waals surface area (Å²) >= 11 is 0. The SMILES string of the molecule is NN=C1CC2=CCCC3CC=CC=C3C2NN1. The first-order valence-corrected chi connectivity index (χ1v) is 6.22. The molecule has 1 heterocycles. The van der Waals surface area contributed by atoms with E-state index < -0.39 is 0 Å². The normalized spacial score (nSPS) is 34.0. The van der Waals surface area contributed by atoms with Crippen molar-refractivity contribution in [2.45, 2.75) is 31.7 Å². The van der Waals surface area contributed by atoms with Gasteiger partial charge in [-0.3, -0.25) is 0 Å². The predicted molar refractivity (Wildman–Crippen MR) is 68.9 cm³/mol. The molecular formula is C13H18N4. The minimum atomic E-state index is 0.318. The molecule has 4 N–H and O–H groups in total. The van der Waals surface area contributed by atoms with E-state index in [2.05, 4.69) is 40.3 Å². The number of hydrogen-bond acceptors (Lipinski definition) is 3. The minimum Gasteiger partial charge on any atom is -0.322 e. The molecule has 0 radical (unpaired) electrons. The molecule has 3 rings (SSSR count). The standard InChI is InChI=1S/C13H18N4/c14-15-12-8-10-6-3-5-9-4-1-2-7-11(9)13(10)17-16-12/h1-2,6-7,9,13,17H,3-5,8,14H2,(H,15,16). The molecule has 1 fully saturated rings. The van der Waals surface area contributed by atoms with Crippen molar-refractivity contribution in [3.63, 3.8) is 0 Å². The summed E-state index contributed by atoms with van der Waals surface area (Å²) in [5.41, 5.74) is 9.33. The summed E-state index contributed by atoms with van der Waals surface area (Å²) in [5, 5.41) is 3.74. The van der Waals surface area contributed by atoms with Crippen molar-refractivity contribution in [3.05, 3.63) is 35.5 Å². The van der Waals surface area contributed by atoms with Crippen molar-refractivity contribution in [2.75, 3.05) is 0 Å². The smallest absolute Gasteiger partial charge is 0.140 e. The third-order valence-corrected chi connectivity index (χ3v) is 3.83. The fraction of sp³-hybridized carbons (Fsp3) is 0.462. The van der Waals surface area contributed by atoms with Gasteiger partial charge in [-0.2, -0.15) is 5.10 Å². The van der Waals surface area contributed by atoms with E-state index in [0.29, 0.717) is 12.0 Å². The summed E-state index contributed by atoms with van der Waals surface area (Å²) in [4.78, 5) is 0. The van der Waals surface area contributed by atoms with Crippen molar-refractivity contribution >= 4 is 5.84 Å². The van der Waals surface area contributed by atoms with Crippen molar-refractivity contribution in [1.82, 2.24) is 10.9 Å². The fourth-order valence-electron chi connectivity index (χ4n) is 2.93. The van der Waals surface area contributed by atoms with Crippen LogP contribution in [0.4, 0.5) is 0 Å². The predicted octanol–water partition coefficient (Wildman–Crippen LogP) is 1.35. The summed E-state index contributed by atoms with van der Waals surface area (Å²) in [6.07, 6.45) is 13.4. The molecule has 0 spiro atoms. The van der Waals surface area contributed by atoms with Gasteiger partial charge in [0.25, 0.3) is 0 Å². The van der Waals surface area contributed by atoms with Crippen LogP contribution in [-0.2, 0) is 0 Å². The van der Waals surface area contributed by atoms with Gasteiger partial charge in [0.05, 0.1) is 6.04 Å². The molecule has 0 aromatic heterocycles. The zero-order valence-electron chi connectivity index (χ0n) is 9.82. The maximum Gasteiger partial charge on any atom is 0.140 e. The van der Waals surface area contributed by atoms with Crippen LogP contribution in [-0.4, -0.2) is 11.9 Å². The average molecular weight is 230 g/mol. The zero-order chi connectivity index (χ0) is 11.7. The number of hydrazine groups is 1. The molecule has 4 heteroatoms. The number of hydrazone groups is 1. The lowest BCUT2D eigenvalue weighted by molar-refractivity contribution is 0.486. The molecule has 0 aromatic rings. The van der Waals surface area contributed by atoms with Gasteiger partial charge in [0.2, 0.25) is 0 Å². The zero-order valence-corrected chi connectivity index (χ0v) is 9.82. The first kappa shape index (κ1) is 10.6. The molecule has 1 saturated heterocycles. The van der Waals surface area contributed by atoms with E-state index in [1.165, 1.54) is 24.0 Å². The van der Waals surface area contributed by atoms with Gasteiger partial charge in [0.15, 0.2) is 0 Å². The number of nitrogens with zero attached hydrogens (tertiary/aromatic N) is 1. The summed E-state index contributed by atoms with van der Waals surface area (Å²) in [5.74, 6) is 6.83. The molecule has 4 nitrogen and oxygen atoms in total. The van der Waals surface area contributed by atoms with Crippen molar-refractivity contribution in [3.8, 4) is 0 Å². The molecule has 90 valence electrons. The van der Waals surface area contributed by atoms with Gasteiger partial charge in [0, 0.05) is 6.42 Å². The summed E-state index contributed by atoms with van der Waals surface area (Å²) in [6, 6.07) is 0.318. The van der Waals surface area contributed by atoms with E-state index in [1.807, 2.05) is 0 Å². The molecule has 0 amide bonds. The van der Waals surface area contributed by atoms with E-state index >= 15 is 0 Å². The highest BCUT2D eigenvalue weighted by molar-refractivity contribution is 5.85. The molecule has 0 bridgehead atoms. The van der Waals surface area contributed by atoms with E-state index in [1.54, 1.807) is 0 Å². The maximum absolute atomic E-state index is 5.33. The molecule has 1 aliphatic heterocycles. The van der Waals surface area contributed by atoms with Crippen LogP contribution in [0.15, 0.2) is 40.6 Å². The van der Waals surface area contributed by atoms with Gasteiger partial charge in [-0.25, -0.2) is 5.43 Å². The highest BCUT2D eigenvalue weighted by Crippen LogP contribution is 2.35. The Morgan fingerprint density at radius 1 is 1.41 bits per heavy atom. The van der Waals surface area contributed by atoms with Gasteiger partial charge < -0.3 is 11.3 Å². The van der Waals surface area contributed by atoms with Crippen LogP contribution in [0.25, 0.3) is 0 Å². The monoisotopic (exact) mass is 230 g/mol. The number of allylic oxidation sites excluding steroid dienone is 4. The Kier molecular flexibility index (Phi) is 2.73. The number of hydrogen-bond donors (Lipinski definition) is 3. The van der Waals surface area contributed by atoms with E-state index in [-0.39, 0.29) is 0 Å². The Labute approximate surface area is 101 Å². The molecule has 2 atom stereocenters. The third kappa shape index (κ3) is 1.89. The van der Waals surface area contributed by atoms with Crippen molar-refractivity contribution in [2.24, 2.45) is 16.9 Å². The number of fused-ring (bicyclic) bond motifs is 3. The van der Waals surface area contributed by atoms with Gasteiger partial charge in [0.1, 0.15) is 5.84 Å². The van der Waals surface area contributed by atoms with Crippen LogP contribution in [0.1, 0.15) is 25.7 Å². The largest absolute Gasteiger partial charge is 0.322 e. The van der Waals surface area contributed by atoms with Gasteiger partial charge in [-0.1, -0.05) is 24.3 Å². The van der Waals surface area contributed by atoms with Gasteiger partial charge >= 0.3 is 0 Å². The van der Waals surface area contributed by atoms with Crippen molar-refractivity contribution in [1.29, 1.82) is 0 Å². The Balaban J connectivity index is 1.91. The molecular weight excluding hydrogens is 212 g/mol. The van der Waals surface area contributed by atoms with Crippen LogP contribution in [0, 0.1) is 5.92 Å². The molecule has 0 saturated carbocycles. The summed E-state index contributed by atoms with van der Waals surface area (Å²) in [7, 11) is 0. The van der Waals surface area contributed by atoms with E-state index in [0.717, 1.165) is 18.7 Å². The Bertz CT molecular complexity index is 431. The highest BCUT2D eigenvalue weighted by atomic mass is 15.4. The van der Waals surface area contributed by atoms with Crippen LogP contribution < -0.4 is 16.7 Å². The lowest BCUT2D eigenvalue weighted by atomic mass is 9.83. The number of amidine groups is 1. The molecule has 17 heavy (non-hydrogen) atoms. The Morgan fingerprint density at radius 3 is 3.24 bits per heavy atom. The second kappa shape index (κ2) is 4.37. The van der Waals surface area contributed by atoms with Gasteiger partial charge in [-0.05, 0) is 36.3 Å². The number of nitrogens with one attached hydrogen (secondary N) is 2. The molecule has 2 unspecified atom stereocenters.